The van der Waals surface area contributed by atoms with Crippen LogP contribution in [0.5, 0.6) is 0 Å². The first kappa shape index (κ1) is 27.1. The number of benzene rings is 2. The Hall–Kier alpha value is -3.48. The fourth-order valence-corrected chi connectivity index (χ4v) is 4.81. The highest BCUT2D eigenvalue weighted by Gasteiger charge is 2.25. The Labute approximate surface area is 219 Å². The normalized spacial score (nSPS) is 13.3. The molecule has 0 aliphatic carbocycles. The Morgan fingerprint density at radius 3 is 2.53 bits per heavy atom. The first-order valence-electron chi connectivity index (χ1n) is 11.6. The van der Waals surface area contributed by atoms with E-state index in [1.165, 1.54) is 18.3 Å². The molecule has 0 bridgehead atoms. The maximum atomic E-state index is 13.4. The molecule has 0 aliphatic heterocycles. The Balaban J connectivity index is 1.78. The summed E-state index contributed by atoms with van der Waals surface area (Å²) < 4.78 is 0.898. The summed E-state index contributed by atoms with van der Waals surface area (Å²) >= 11 is 7.51. The van der Waals surface area contributed by atoms with Crippen LogP contribution in [0.15, 0.2) is 48.5 Å². The fraction of sp³-hybridized carbons (Fsp3) is 0.346. The van der Waals surface area contributed by atoms with E-state index in [4.69, 9.17) is 16.9 Å². The molecule has 3 amide bonds. The van der Waals surface area contributed by atoms with Crippen molar-refractivity contribution in [2.45, 2.75) is 45.2 Å². The third kappa shape index (κ3) is 7.77. The summed E-state index contributed by atoms with van der Waals surface area (Å²) in [5, 5.41) is 18.8. The molecule has 0 spiro atoms. The zero-order chi connectivity index (χ0) is 26.1. The SMILES string of the molecule is CCC(=O)N[C@@H](Cc1nc2ccc(Cl)cc2s1)C(=O)NC(CNC(=O)C(C)C#N)Cc1ccccc1. The zero-order valence-corrected chi connectivity index (χ0v) is 21.7. The minimum Gasteiger partial charge on any atom is -0.353 e. The zero-order valence-electron chi connectivity index (χ0n) is 20.1. The monoisotopic (exact) mass is 525 g/mol. The highest BCUT2D eigenvalue weighted by atomic mass is 35.5. The molecule has 0 radical (unpaired) electrons. The molecule has 0 saturated carbocycles. The van der Waals surface area contributed by atoms with Gasteiger partial charge in [-0.3, -0.25) is 14.4 Å². The van der Waals surface area contributed by atoms with Crippen molar-refractivity contribution in [3.05, 3.63) is 64.1 Å². The van der Waals surface area contributed by atoms with Crippen LogP contribution >= 0.6 is 22.9 Å². The first-order chi connectivity index (χ1) is 17.3. The number of fused-ring (bicyclic) bond motifs is 1. The van der Waals surface area contributed by atoms with Gasteiger partial charge >= 0.3 is 0 Å². The molecule has 10 heteroatoms. The molecule has 1 heterocycles. The molecule has 3 atom stereocenters. The summed E-state index contributed by atoms with van der Waals surface area (Å²) in [5.74, 6) is -1.84. The molecule has 3 N–H and O–H groups in total. The van der Waals surface area contributed by atoms with Crippen LogP contribution in [0.2, 0.25) is 5.02 Å². The van der Waals surface area contributed by atoms with E-state index in [9.17, 15) is 14.4 Å². The number of halogens is 1. The number of hydrogen-bond acceptors (Lipinski definition) is 6. The van der Waals surface area contributed by atoms with E-state index < -0.39 is 23.9 Å². The summed E-state index contributed by atoms with van der Waals surface area (Å²) in [6.07, 6.45) is 0.904. The van der Waals surface area contributed by atoms with Gasteiger partial charge in [0.2, 0.25) is 17.7 Å². The minimum absolute atomic E-state index is 0.138. The maximum absolute atomic E-state index is 13.4. The van der Waals surface area contributed by atoms with E-state index in [0.717, 1.165) is 15.8 Å². The van der Waals surface area contributed by atoms with Crippen molar-refractivity contribution in [3.63, 3.8) is 0 Å². The predicted molar refractivity (Wildman–Crippen MR) is 140 cm³/mol. The summed E-state index contributed by atoms with van der Waals surface area (Å²) in [4.78, 5) is 42.3. The molecular weight excluding hydrogens is 498 g/mol. The standard InChI is InChI=1S/C26H28ClN5O3S/c1-3-23(33)31-21(13-24-32-20-10-9-18(27)12-22(20)36-24)26(35)30-19(11-17-7-5-4-6-8-17)15-29-25(34)16(2)14-28/h4-10,12,16,19,21H,3,11,13,15H2,1-2H3,(H,29,34)(H,30,35)(H,31,33)/t16?,19?,21-/m0/s1. The summed E-state index contributed by atoms with van der Waals surface area (Å²) in [6, 6.07) is 15.6. The number of carbonyl (C=O) groups excluding carboxylic acids is 3. The Morgan fingerprint density at radius 2 is 1.83 bits per heavy atom. The largest absolute Gasteiger partial charge is 0.353 e. The van der Waals surface area contributed by atoms with Gasteiger partial charge in [0.05, 0.1) is 27.3 Å². The average Bonchev–Trinajstić information content (AvgIpc) is 3.27. The lowest BCUT2D eigenvalue weighted by Crippen LogP contribution is -2.53. The van der Waals surface area contributed by atoms with Gasteiger partial charge in [0.1, 0.15) is 12.0 Å². The van der Waals surface area contributed by atoms with E-state index in [2.05, 4.69) is 20.9 Å². The second kappa shape index (κ2) is 13.0. The third-order valence-electron chi connectivity index (χ3n) is 5.53. The van der Waals surface area contributed by atoms with Crippen LogP contribution in [0.25, 0.3) is 10.2 Å². The minimum atomic E-state index is -0.847. The number of aromatic nitrogens is 1. The van der Waals surface area contributed by atoms with Crippen molar-refractivity contribution >= 4 is 50.9 Å². The molecule has 3 rings (SSSR count). The van der Waals surface area contributed by atoms with Gasteiger partial charge in [-0.15, -0.1) is 11.3 Å². The molecule has 0 aliphatic rings. The fourth-order valence-electron chi connectivity index (χ4n) is 3.52. The van der Waals surface area contributed by atoms with Gasteiger partial charge in [-0.25, -0.2) is 4.98 Å². The summed E-state index contributed by atoms with van der Waals surface area (Å²) in [6.45, 7) is 3.37. The van der Waals surface area contributed by atoms with Crippen LogP contribution < -0.4 is 16.0 Å². The molecule has 2 aromatic carbocycles. The lowest BCUT2D eigenvalue weighted by atomic mass is 10.0. The van der Waals surface area contributed by atoms with E-state index in [1.54, 1.807) is 13.0 Å². The van der Waals surface area contributed by atoms with Gasteiger partial charge in [0, 0.05) is 24.4 Å². The van der Waals surface area contributed by atoms with Crippen molar-refractivity contribution < 1.29 is 14.4 Å². The van der Waals surface area contributed by atoms with E-state index in [-0.39, 0.29) is 31.2 Å². The van der Waals surface area contributed by atoms with Crippen LogP contribution in [0, 0.1) is 17.2 Å². The van der Waals surface area contributed by atoms with Crippen LogP contribution in [0.1, 0.15) is 30.8 Å². The van der Waals surface area contributed by atoms with Crippen LogP contribution in [0.4, 0.5) is 0 Å². The molecule has 2 unspecified atom stereocenters. The molecule has 8 nitrogen and oxygen atoms in total. The molecule has 0 fully saturated rings. The number of hydrogen-bond donors (Lipinski definition) is 3. The number of rotatable bonds is 11. The number of nitriles is 1. The number of carbonyl (C=O) groups is 3. The number of nitrogens with zero attached hydrogens (tertiary/aromatic N) is 2. The lowest BCUT2D eigenvalue weighted by molar-refractivity contribution is -0.129. The van der Waals surface area contributed by atoms with Crippen LogP contribution in [0.3, 0.4) is 0 Å². The van der Waals surface area contributed by atoms with Crippen molar-refractivity contribution in [3.8, 4) is 6.07 Å². The van der Waals surface area contributed by atoms with E-state index in [1.807, 2.05) is 48.5 Å². The van der Waals surface area contributed by atoms with Crippen molar-refractivity contribution in [2.75, 3.05) is 6.54 Å². The second-order valence-electron chi connectivity index (χ2n) is 8.39. The molecule has 36 heavy (non-hydrogen) atoms. The first-order valence-corrected chi connectivity index (χ1v) is 12.8. The summed E-state index contributed by atoms with van der Waals surface area (Å²) in [7, 11) is 0. The van der Waals surface area contributed by atoms with Gasteiger partial charge in [-0.1, -0.05) is 48.9 Å². The molecule has 1 aromatic heterocycles. The Bertz CT molecular complexity index is 1260. The van der Waals surface area contributed by atoms with Gasteiger partial charge in [-0.05, 0) is 37.1 Å². The van der Waals surface area contributed by atoms with Crippen molar-refractivity contribution in [1.82, 2.24) is 20.9 Å². The highest BCUT2D eigenvalue weighted by Crippen LogP contribution is 2.26. The summed E-state index contributed by atoms with van der Waals surface area (Å²) in [5.41, 5.74) is 1.75. The van der Waals surface area contributed by atoms with Gasteiger partial charge in [0.25, 0.3) is 0 Å². The average molecular weight is 526 g/mol. The van der Waals surface area contributed by atoms with Gasteiger partial charge < -0.3 is 16.0 Å². The van der Waals surface area contributed by atoms with E-state index in [0.29, 0.717) is 16.5 Å². The van der Waals surface area contributed by atoms with Gasteiger partial charge in [0.15, 0.2) is 0 Å². The molecular formula is C26H28ClN5O3S. The van der Waals surface area contributed by atoms with Crippen molar-refractivity contribution in [2.24, 2.45) is 5.92 Å². The van der Waals surface area contributed by atoms with Crippen molar-refractivity contribution in [1.29, 1.82) is 5.26 Å². The second-order valence-corrected chi connectivity index (χ2v) is 9.94. The van der Waals surface area contributed by atoms with Gasteiger partial charge in [-0.2, -0.15) is 5.26 Å². The quantitative estimate of drug-likeness (QED) is 0.354. The Morgan fingerprint density at radius 1 is 1.08 bits per heavy atom. The molecule has 0 saturated heterocycles. The smallest absolute Gasteiger partial charge is 0.243 e. The van der Waals surface area contributed by atoms with Crippen LogP contribution in [-0.2, 0) is 27.2 Å². The van der Waals surface area contributed by atoms with E-state index >= 15 is 0 Å². The highest BCUT2D eigenvalue weighted by molar-refractivity contribution is 7.18. The number of nitrogens with one attached hydrogen (secondary N) is 3. The number of amides is 3. The van der Waals surface area contributed by atoms with Crippen LogP contribution in [-0.4, -0.2) is 41.3 Å². The molecule has 188 valence electrons. The maximum Gasteiger partial charge on any atom is 0.243 e. The molecule has 3 aromatic rings. The Kier molecular flexibility index (Phi) is 9.79. The topological polar surface area (TPSA) is 124 Å². The lowest BCUT2D eigenvalue weighted by Gasteiger charge is -2.24. The predicted octanol–water partition coefficient (Wildman–Crippen LogP) is 3.39. The number of thiazole rings is 1. The third-order valence-corrected chi connectivity index (χ3v) is 6.80.